The Morgan fingerprint density at radius 1 is 0.947 bits per heavy atom. The molecule has 8 nitrogen and oxygen atoms in total. The van der Waals surface area contributed by atoms with E-state index in [1.165, 1.54) is 17.0 Å². The summed E-state index contributed by atoms with van der Waals surface area (Å²) in [6, 6.07) is 21.5. The molecule has 0 unspecified atom stereocenters. The highest BCUT2D eigenvalue weighted by Crippen LogP contribution is 2.28. The molecule has 3 aromatic rings. The van der Waals surface area contributed by atoms with Crippen LogP contribution in [0.5, 0.6) is 5.75 Å². The number of rotatable bonds is 12. The predicted octanol–water partition coefficient (Wildman–Crippen LogP) is 4.01. The second kappa shape index (κ2) is 13.1. The second-order valence-electron chi connectivity index (χ2n) is 8.75. The van der Waals surface area contributed by atoms with E-state index in [1.54, 1.807) is 69.5 Å². The molecule has 3 rings (SSSR count). The van der Waals surface area contributed by atoms with Crippen molar-refractivity contribution in [2.45, 2.75) is 44.7 Å². The molecule has 0 fully saturated rings. The van der Waals surface area contributed by atoms with Gasteiger partial charge in [0.25, 0.3) is 10.0 Å². The lowest BCUT2D eigenvalue weighted by atomic mass is 10.1. The van der Waals surface area contributed by atoms with Crippen LogP contribution in [0, 0.1) is 0 Å². The van der Waals surface area contributed by atoms with Gasteiger partial charge in [-0.15, -0.1) is 0 Å². The molecule has 0 bridgehead atoms. The Morgan fingerprint density at radius 2 is 1.63 bits per heavy atom. The Balaban J connectivity index is 2.06. The number of sulfonamides is 1. The molecule has 0 radical (unpaired) electrons. The van der Waals surface area contributed by atoms with E-state index in [0.29, 0.717) is 24.4 Å². The van der Waals surface area contributed by atoms with Crippen molar-refractivity contribution in [3.05, 3.63) is 90.0 Å². The molecule has 0 saturated heterocycles. The maximum Gasteiger partial charge on any atom is 0.264 e. The molecule has 1 atom stereocenters. The summed E-state index contributed by atoms with van der Waals surface area (Å²) in [5.41, 5.74) is 1.97. The van der Waals surface area contributed by atoms with Crippen LogP contribution in [0.4, 0.5) is 5.69 Å². The Bertz CT molecular complexity index is 1350. The van der Waals surface area contributed by atoms with Gasteiger partial charge in [0.1, 0.15) is 18.3 Å². The topological polar surface area (TPSA) is 96.0 Å². The van der Waals surface area contributed by atoms with E-state index in [0.717, 1.165) is 15.4 Å². The van der Waals surface area contributed by atoms with Crippen molar-refractivity contribution in [1.29, 1.82) is 0 Å². The van der Waals surface area contributed by atoms with Gasteiger partial charge in [-0.3, -0.25) is 13.9 Å². The predicted molar refractivity (Wildman–Crippen MR) is 148 cm³/mol. The van der Waals surface area contributed by atoms with Gasteiger partial charge in [0.05, 0.1) is 17.7 Å². The van der Waals surface area contributed by atoms with E-state index in [1.807, 2.05) is 25.1 Å². The quantitative estimate of drug-likeness (QED) is 0.377. The van der Waals surface area contributed by atoms with Gasteiger partial charge >= 0.3 is 0 Å². The number of hydrogen-bond donors (Lipinski definition) is 1. The summed E-state index contributed by atoms with van der Waals surface area (Å²) < 4.78 is 34.2. The fourth-order valence-electron chi connectivity index (χ4n) is 4.16. The first-order valence-electron chi connectivity index (χ1n) is 12.6. The van der Waals surface area contributed by atoms with Crippen LogP contribution in [-0.2, 0) is 32.6 Å². The summed E-state index contributed by atoms with van der Waals surface area (Å²) in [6.45, 7) is 5.40. The van der Waals surface area contributed by atoms with Crippen molar-refractivity contribution < 1.29 is 22.7 Å². The van der Waals surface area contributed by atoms with E-state index in [9.17, 15) is 18.0 Å². The first-order valence-corrected chi connectivity index (χ1v) is 14.0. The van der Waals surface area contributed by atoms with E-state index in [4.69, 9.17) is 4.74 Å². The van der Waals surface area contributed by atoms with Crippen LogP contribution < -0.4 is 14.4 Å². The van der Waals surface area contributed by atoms with Crippen LogP contribution in [0.15, 0.2) is 83.8 Å². The van der Waals surface area contributed by atoms with Gasteiger partial charge in [-0.25, -0.2) is 8.42 Å². The maximum atomic E-state index is 13.9. The molecule has 0 aliphatic carbocycles. The molecule has 0 heterocycles. The number of benzene rings is 3. The van der Waals surface area contributed by atoms with E-state index >= 15 is 0 Å². The van der Waals surface area contributed by atoms with Crippen LogP contribution in [0.1, 0.15) is 31.9 Å². The van der Waals surface area contributed by atoms with Gasteiger partial charge in [-0.05, 0) is 61.7 Å². The minimum absolute atomic E-state index is 0.0785. The van der Waals surface area contributed by atoms with Crippen molar-refractivity contribution in [1.82, 2.24) is 10.2 Å². The molecule has 0 saturated carbocycles. The number of likely N-dealkylation sites (N-methyl/N-ethyl adjacent to an activating group) is 1. The van der Waals surface area contributed by atoms with Crippen LogP contribution >= 0.6 is 0 Å². The number of para-hydroxylation sites is 1. The zero-order chi connectivity index (χ0) is 27.7. The molecule has 202 valence electrons. The zero-order valence-corrected chi connectivity index (χ0v) is 23.1. The third kappa shape index (κ3) is 6.72. The van der Waals surface area contributed by atoms with Crippen LogP contribution in [0.3, 0.4) is 0 Å². The first kappa shape index (κ1) is 28.7. The van der Waals surface area contributed by atoms with Gasteiger partial charge < -0.3 is 15.0 Å². The standard InChI is InChI=1S/C29H35N3O5S/c1-5-24-14-10-11-18-27(24)32(38(35,36)26-16-8-7-9-17-26)21-28(33)31(22(3)29(34)30-6-2)20-23-13-12-15-25(19-23)37-4/h7-19,22H,5-6,20-21H2,1-4H3,(H,30,34)/t22-/m0/s1. The Hall–Kier alpha value is -3.85. The number of hydrogen-bond acceptors (Lipinski definition) is 5. The highest BCUT2D eigenvalue weighted by molar-refractivity contribution is 7.92. The van der Waals surface area contributed by atoms with E-state index in [-0.39, 0.29) is 17.3 Å². The largest absolute Gasteiger partial charge is 0.497 e. The number of amides is 2. The molecule has 0 aliphatic rings. The smallest absolute Gasteiger partial charge is 0.264 e. The van der Waals surface area contributed by atoms with Gasteiger partial charge in [0, 0.05) is 13.1 Å². The average Bonchev–Trinajstić information content (AvgIpc) is 2.94. The Morgan fingerprint density at radius 3 is 2.29 bits per heavy atom. The van der Waals surface area contributed by atoms with Crippen molar-refractivity contribution >= 4 is 27.5 Å². The lowest BCUT2D eigenvalue weighted by Gasteiger charge is -2.32. The van der Waals surface area contributed by atoms with Crippen molar-refractivity contribution in [2.24, 2.45) is 0 Å². The molecule has 3 aromatic carbocycles. The SMILES string of the molecule is CCNC(=O)[C@H](C)N(Cc1cccc(OC)c1)C(=O)CN(c1ccccc1CC)S(=O)(=O)c1ccccc1. The molecular formula is C29H35N3O5S. The lowest BCUT2D eigenvalue weighted by molar-refractivity contribution is -0.139. The third-order valence-corrected chi connectivity index (χ3v) is 8.03. The monoisotopic (exact) mass is 537 g/mol. The van der Waals surface area contributed by atoms with Gasteiger partial charge in [-0.2, -0.15) is 0 Å². The second-order valence-corrected chi connectivity index (χ2v) is 10.6. The molecule has 38 heavy (non-hydrogen) atoms. The van der Waals surface area contributed by atoms with Crippen molar-refractivity contribution in [2.75, 3.05) is 24.5 Å². The normalized spacial score (nSPS) is 11.9. The lowest BCUT2D eigenvalue weighted by Crippen LogP contribution is -2.51. The molecule has 9 heteroatoms. The molecule has 0 spiro atoms. The highest BCUT2D eigenvalue weighted by Gasteiger charge is 2.33. The number of nitrogens with zero attached hydrogens (tertiary/aromatic N) is 2. The van der Waals surface area contributed by atoms with Crippen molar-refractivity contribution in [3.63, 3.8) is 0 Å². The molecule has 2 amide bonds. The molecule has 0 aromatic heterocycles. The Kier molecular flexibility index (Phi) is 9.90. The van der Waals surface area contributed by atoms with Crippen LogP contribution in [-0.4, -0.2) is 51.4 Å². The average molecular weight is 538 g/mol. The van der Waals surface area contributed by atoms with E-state index in [2.05, 4.69) is 5.32 Å². The molecule has 1 N–H and O–H groups in total. The summed E-state index contributed by atoms with van der Waals surface area (Å²) >= 11 is 0. The maximum absolute atomic E-state index is 13.9. The fourth-order valence-corrected chi connectivity index (χ4v) is 5.63. The number of ether oxygens (including phenoxy) is 1. The van der Waals surface area contributed by atoms with Crippen molar-refractivity contribution in [3.8, 4) is 5.75 Å². The van der Waals surface area contributed by atoms with Crippen LogP contribution in [0.2, 0.25) is 0 Å². The zero-order valence-electron chi connectivity index (χ0n) is 22.3. The number of carbonyl (C=O) groups is 2. The fraction of sp³-hybridized carbons (Fsp3) is 0.310. The number of carbonyl (C=O) groups excluding carboxylic acids is 2. The summed E-state index contributed by atoms with van der Waals surface area (Å²) in [5, 5.41) is 2.76. The molecular weight excluding hydrogens is 502 g/mol. The highest BCUT2D eigenvalue weighted by atomic mass is 32.2. The molecule has 0 aliphatic heterocycles. The summed E-state index contributed by atoms with van der Waals surface area (Å²) in [6.07, 6.45) is 0.577. The van der Waals surface area contributed by atoms with E-state index < -0.39 is 28.5 Å². The number of anilines is 1. The van der Waals surface area contributed by atoms with Gasteiger partial charge in [0.15, 0.2) is 0 Å². The number of nitrogens with one attached hydrogen (secondary N) is 1. The van der Waals surface area contributed by atoms with Crippen LogP contribution in [0.25, 0.3) is 0 Å². The minimum atomic E-state index is -4.09. The van der Waals surface area contributed by atoms with Gasteiger partial charge in [-0.1, -0.05) is 55.5 Å². The first-order chi connectivity index (χ1) is 18.2. The number of aryl methyl sites for hydroxylation is 1. The Labute approximate surface area is 225 Å². The van der Waals surface area contributed by atoms with Gasteiger partial charge in [0.2, 0.25) is 11.8 Å². The third-order valence-electron chi connectivity index (χ3n) is 6.26. The number of methoxy groups -OCH3 is 1. The summed E-state index contributed by atoms with van der Waals surface area (Å²) in [7, 11) is -2.54. The summed E-state index contributed by atoms with van der Waals surface area (Å²) in [5.74, 6) is -0.210. The summed E-state index contributed by atoms with van der Waals surface area (Å²) in [4.78, 5) is 28.2. The minimum Gasteiger partial charge on any atom is -0.497 e.